The predicted molar refractivity (Wildman–Crippen MR) is 98.5 cm³/mol. The van der Waals surface area contributed by atoms with Crippen LogP contribution in [0.15, 0.2) is 39.9 Å². The number of nitrogens with one attached hydrogen (secondary N) is 1. The lowest BCUT2D eigenvalue weighted by molar-refractivity contribution is -0.122. The molecule has 1 saturated heterocycles. The first-order chi connectivity index (χ1) is 13.1. The van der Waals surface area contributed by atoms with Crippen LogP contribution in [0.2, 0.25) is 5.02 Å². The number of amides is 1. The van der Waals surface area contributed by atoms with Crippen molar-refractivity contribution in [3.05, 3.63) is 46.0 Å². The normalized spacial score (nSPS) is 16.7. The van der Waals surface area contributed by atoms with Gasteiger partial charge in [0.25, 0.3) is 11.3 Å². The molecule has 0 bridgehead atoms. The van der Waals surface area contributed by atoms with Crippen molar-refractivity contribution in [3.8, 4) is 11.3 Å². The number of ether oxygens (including phenoxy) is 1. The molecule has 4 rings (SSSR count). The van der Waals surface area contributed by atoms with Crippen molar-refractivity contribution in [1.82, 2.24) is 20.0 Å². The Bertz CT molecular complexity index is 1020. The number of hydrogen-bond acceptors (Lipinski definition) is 6. The van der Waals surface area contributed by atoms with Crippen LogP contribution < -0.4 is 10.9 Å². The van der Waals surface area contributed by atoms with Crippen LogP contribution >= 0.6 is 11.6 Å². The molecule has 3 aromatic rings. The zero-order chi connectivity index (χ0) is 18.8. The molecule has 0 saturated carbocycles. The van der Waals surface area contributed by atoms with Crippen molar-refractivity contribution in [2.24, 2.45) is 0 Å². The zero-order valence-corrected chi connectivity index (χ0v) is 15.1. The average molecular weight is 389 g/mol. The second-order valence-electron chi connectivity index (χ2n) is 6.33. The van der Waals surface area contributed by atoms with Gasteiger partial charge in [-0.1, -0.05) is 28.9 Å². The first-order valence-electron chi connectivity index (χ1n) is 8.61. The molecule has 3 heterocycles. The molecule has 1 aromatic carbocycles. The van der Waals surface area contributed by atoms with E-state index in [9.17, 15) is 9.59 Å². The maximum atomic E-state index is 12.8. The molecule has 1 unspecified atom stereocenters. The van der Waals surface area contributed by atoms with Crippen molar-refractivity contribution >= 4 is 28.6 Å². The first-order valence-corrected chi connectivity index (χ1v) is 8.98. The standard InChI is InChI=1S/C18H17ClN4O4/c19-12-5-3-11(4-6-12)16-15-17(27-22-16)21-10-23(18(15)25)9-14(24)20-8-13-2-1-7-26-13/h3-6,10,13H,1-2,7-9H2,(H,20,24). The number of hydrogen-bond donors (Lipinski definition) is 1. The summed E-state index contributed by atoms with van der Waals surface area (Å²) in [5.74, 6) is -0.279. The molecule has 9 heteroatoms. The molecule has 1 aliphatic heterocycles. The number of carbonyl (C=O) groups excluding carboxylic acids is 1. The van der Waals surface area contributed by atoms with E-state index in [1.165, 1.54) is 10.9 Å². The van der Waals surface area contributed by atoms with Crippen LogP contribution in [-0.4, -0.2) is 39.9 Å². The van der Waals surface area contributed by atoms with E-state index in [1.807, 2.05) is 0 Å². The molecule has 1 fully saturated rings. The Morgan fingerprint density at radius 2 is 2.15 bits per heavy atom. The van der Waals surface area contributed by atoms with Gasteiger partial charge in [0, 0.05) is 23.7 Å². The Morgan fingerprint density at radius 3 is 2.89 bits per heavy atom. The summed E-state index contributed by atoms with van der Waals surface area (Å²) in [7, 11) is 0. The van der Waals surface area contributed by atoms with Crippen LogP contribution in [0, 0.1) is 0 Å². The van der Waals surface area contributed by atoms with E-state index < -0.39 is 5.56 Å². The van der Waals surface area contributed by atoms with Crippen LogP contribution in [0.5, 0.6) is 0 Å². The maximum absolute atomic E-state index is 12.8. The third-order valence-electron chi connectivity index (χ3n) is 4.45. The van der Waals surface area contributed by atoms with E-state index >= 15 is 0 Å². The summed E-state index contributed by atoms with van der Waals surface area (Å²) in [6.45, 7) is 1.02. The van der Waals surface area contributed by atoms with Crippen LogP contribution in [0.1, 0.15) is 12.8 Å². The Morgan fingerprint density at radius 1 is 1.33 bits per heavy atom. The molecule has 1 aliphatic rings. The minimum absolute atomic E-state index is 0.0425. The van der Waals surface area contributed by atoms with Crippen molar-refractivity contribution in [2.45, 2.75) is 25.5 Å². The molecule has 0 spiro atoms. The Kier molecular flexibility index (Phi) is 4.91. The van der Waals surface area contributed by atoms with Gasteiger partial charge in [-0.3, -0.25) is 14.2 Å². The highest BCUT2D eigenvalue weighted by atomic mass is 35.5. The predicted octanol–water partition coefficient (Wildman–Crippen LogP) is 2.00. The maximum Gasteiger partial charge on any atom is 0.267 e. The van der Waals surface area contributed by atoms with Gasteiger partial charge in [-0.05, 0) is 25.0 Å². The van der Waals surface area contributed by atoms with Crippen LogP contribution in [-0.2, 0) is 16.1 Å². The van der Waals surface area contributed by atoms with Gasteiger partial charge >= 0.3 is 0 Å². The number of halogens is 1. The third-order valence-corrected chi connectivity index (χ3v) is 4.70. The van der Waals surface area contributed by atoms with Gasteiger partial charge in [0.1, 0.15) is 24.0 Å². The Labute approximate surface area is 159 Å². The molecule has 2 aromatic heterocycles. The van der Waals surface area contributed by atoms with Crippen molar-refractivity contribution in [2.75, 3.05) is 13.2 Å². The lowest BCUT2D eigenvalue weighted by Crippen LogP contribution is -2.36. The zero-order valence-electron chi connectivity index (χ0n) is 14.4. The quantitative estimate of drug-likeness (QED) is 0.717. The van der Waals surface area contributed by atoms with Crippen molar-refractivity contribution < 1.29 is 14.1 Å². The highest BCUT2D eigenvalue weighted by Crippen LogP contribution is 2.25. The SMILES string of the molecule is O=C(Cn1cnc2onc(-c3ccc(Cl)cc3)c2c1=O)NCC1CCCO1. The van der Waals surface area contributed by atoms with E-state index in [1.54, 1.807) is 24.3 Å². The molecule has 0 aliphatic carbocycles. The summed E-state index contributed by atoms with van der Waals surface area (Å²) in [6, 6.07) is 6.88. The molecular weight excluding hydrogens is 372 g/mol. The van der Waals surface area contributed by atoms with Crippen molar-refractivity contribution in [1.29, 1.82) is 0 Å². The van der Waals surface area contributed by atoms with E-state index in [2.05, 4.69) is 15.5 Å². The number of aromatic nitrogens is 3. The summed E-state index contributed by atoms with van der Waals surface area (Å²) in [5.41, 5.74) is 0.783. The molecule has 140 valence electrons. The van der Waals surface area contributed by atoms with Gasteiger partial charge in [0.2, 0.25) is 5.91 Å². The first kappa shape index (κ1) is 17.7. The number of rotatable bonds is 5. The van der Waals surface area contributed by atoms with Gasteiger partial charge in [0.15, 0.2) is 0 Å². The van der Waals surface area contributed by atoms with E-state index in [4.69, 9.17) is 20.9 Å². The third kappa shape index (κ3) is 3.72. The molecule has 27 heavy (non-hydrogen) atoms. The van der Waals surface area contributed by atoms with Crippen LogP contribution in [0.4, 0.5) is 0 Å². The lowest BCUT2D eigenvalue weighted by Gasteiger charge is -2.11. The van der Waals surface area contributed by atoms with Gasteiger partial charge in [-0.25, -0.2) is 4.98 Å². The highest BCUT2D eigenvalue weighted by Gasteiger charge is 2.19. The number of carbonyl (C=O) groups is 1. The fraction of sp³-hybridized carbons (Fsp3) is 0.333. The number of fused-ring (bicyclic) bond motifs is 1. The van der Waals surface area contributed by atoms with Gasteiger partial charge in [0.05, 0.1) is 6.10 Å². The highest BCUT2D eigenvalue weighted by molar-refractivity contribution is 6.30. The number of benzene rings is 1. The average Bonchev–Trinajstić information content (AvgIpc) is 3.33. The Balaban J connectivity index is 1.57. The minimum Gasteiger partial charge on any atom is -0.376 e. The monoisotopic (exact) mass is 388 g/mol. The molecule has 1 atom stereocenters. The smallest absolute Gasteiger partial charge is 0.267 e. The van der Waals surface area contributed by atoms with Gasteiger partial charge < -0.3 is 14.6 Å². The second-order valence-corrected chi connectivity index (χ2v) is 6.77. The van der Waals surface area contributed by atoms with Crippen molar-refractivity contribution in [3.63, 3.8) is 0 Å². The molecule has 8 nitrogen and oxygen atoms in total. The van der Waals surface area contributed by atoms with E-state index in [-0.39, 0.29) is 29.7 Å². The Hall–Kier alpha value is -2.71. The fourth-order valence-corrected chi connectivity index (χ4v) is 3.17. The van der Waals surface area contributed by atoms with Gasteiger partial charge in [-0.15, -0.1) is 0 Å². The summed E-state index contributed by atoms with van der Waals surface area (Å²) in [5, 5.41) is 7.55. The molecule has 1 N–H and O–H groups in total. The minimum atomic E-state index is -0.390. The van der Waals surface area contributed by atoms with E-state index in [0.717, 1.165) is 19.4 Å². The van der Waals surface area contributed by atoms with E-state index in [0.29, 0.717) is 22.8 Å². The number of nitrogens with zero attached hydrogens (tertiary/aromatic N) is 3. The topological polar surface area (TPSA) is 99.3 Å². The van der Waals surface area contributed by atoms with Gasteiger partial charge in [-0.2, -0.15) is 0 Å². The second kappa shape index (κ2) is 7.50. The molecule has 0 radical (unpaired) electrons. The van der Waals surface area contributed by atoms with Crippen LogP contribution in [0.3, 0.4) is 0 Å². The largest absolute Gasteiger partial charge is 0.376 e. The molecular formula is C18H17ClN4O4. The lowest BCUT2D eigenvalue weighted by atomic mass is 10.1. The summed E-state index contributed by atoms with van der Waals surface area (Å²) >= 11 is 5.91. The van der Waals surface area contributed by atoms with Crippen LogP contribution in [0.25, 0.3) is 22.4 Å². The summed E-state index contributed by atoms with van der Waals surface area (Å²) < 4.78 is 11.9. The molecule has 1 amide bonds. The summed E-state index contributed by atoms with van der Waals surface area (Å²) in [6.07, 6.45) is 3.26. The summed E-state index contributed by atoms with van der Waals surface area (Å²) in [4.78, 5) is 29.1. The fourth-order valence-electron chi connectivity index (χ4n) is 3.04.